The maximum atomic E-state index is 13.3. The lowest BCUT2D eigenvalue weighted by Gasteiger charge is -2.23. The van der Waals surface area contributed by atoms with Gasteiger partial charge >= 0.3 is 6.08 Å². The van der Waals surface area contributed by atoms with Gasteiger partial charge in [-0.2, -0.15) is 14.4 Å². The van der Waals surface area contributed by atoms with Crippen LogP contribution in [-0.2, 0) is 9.53 Å². The van der Waals surface area contributed by atoms with Gasteiger partial charge in [0.2, 0.25) is 0 Å². The van der Waals surface area contributed by atoms with Crippen molar-refractivity contribution in [2.24, 2.45) is 0 Å². The highest BCUT2D eigenvalue weighted by atomic mass is 19.1. The van der Waals surface area contributed by atoms with Gasteiger partial charge in [0.15, 0.2) is 17.5 Å². The van der Waals surface area contributed by atoms with Crippen molar-refractivity contribution in [1.82, 2.24) is 14.5 Å². The fourth-order valence-corrected chi connectivity index (χ4v) is 2.49. The van der Waals surface area contributed by atoms with Gasteiger partial charge in [-0.1, -0.05) is 0 Å². The lowest BCUT2D eigenvalue weighted by atomic mass is 10.00. The lowest BCUT2D eigenvalue weighted by Crippen LogP contribution is -2.44. The molecule has 2 aromatic rings. The second-order valence-corrected chi connectivity index (χ2v) is 4.89. The number of fused-ring (bicyclic) bond motifs is 1. The van der Waals surface area contributed by atoms with E-state index in [0.29, 0.717) is 11.7 Å². The molecule has 0 bridgehead atoms. The minimum absolute atomic E-state index is 0.0152. The highest BCUT2D eigenvalue weighted by Crippen LogP contribution is 2.37. The summed E-state index contributed by atoms with van der Waals surface area (Å²) >= 11 is 0. The van der Waals surface area contributed by atoms with Gasteiger partial charge in [0.1, 0.15) is 12.0 Å². The molecule has 2 aromatic heterocycles. The molecular formula is C12H13FN4O4. The molecular weight excluding hydrogens is 283 g/mol. The van der Waals surface area contributed by atoms with Crippen LogP contribution >= 0.6 is 0 Å². The maximum absolute atomic E-state index is 13.3. The third-order valence-electron chi connectivity index (χ3n) is 3.68. The number of carbonyl (C=O) groups is 1. The van der Waals surface area contributed by atoms with Crippen LogP contribution in [0.25, 0.3) is 11.0 Å². The van der Waals surface area contributed by atoms with Gasteiger partial charge in [-0.05, 0) is 6.07 Å². The number of aldehydes is 1. The third-order valence-corrected chi connectivity index (χ3v) is 3.68. The number of nitrogen functional groups attached to an aromatic ring is 1. The van der Waals surface area contributed by atoms with Crippen LogP contribution in [-0.4, -0.2) is 49.3 Å². The number of nitrogens with two attached hydrogens (primary N) is 1. The van der Waals surface area contributed by atoms with Crippen LogP contribution in [0.5, 0.6) is 0 Å². The molecule has 3 rings (SSSR count). The number of anilines is 1. The molecule has 8 nitrogen and oxygen atoms in total. The van der Waals surface area contributed by atoms with Gasteiger partial charge in [-0.3, -0.25) is 4.79 Å². The predicted molar refractivity (Wildman–Crippen MR) is 68.5 cm³/mol. The van der Waals surface area contributed by atoms with E-state index in [1.165, 1.54) is 4.57 Å². The average Bonchev–Trinajstić information content (AvgIpc) is 3.00. The minimum atomic E-state index is -1.68. The zero-order valence-electron chi connectivity index (χ0n) is 10.8. The van der Waals surface area contributed by atoms with Crippen molar-refractivity contribution in [1.29, 1.82) is 0 Å². The molecule has 0 aliphatic carbocycles. The van der Waals surface area contributed by atoms with Gasteiger partial charge in [0.25, 0.3) is 0 Å². The molecule has 1 fully saturated rings. The van der Waals surface area contributed by atoms with E-state index < -0.39 is 30.6 Å². The number of hydrogen-bond acceptors (Lipinski definition) is 7. The summed E-state index contributed by atoms with van der Waals surface area (Å²) in [6, 6.07) is 1.58. The molecule has 3 heterocycles. The van der Waals surface area contributed by atoms with E-state index in [0.717, 1.165) is 0 Å². The summed E-state index contributed by atoms with van der Waals surface area (Å²) in [4.78, 5) is 18.2. The zero-order valence-corrected chi connectivity index (χ0v) is 10.8. The highest BCUT2D eigenvalue weighted by molar-refractivity contribution is 5.86. The molecule has 21 heavy (non-hydrogen) atoms. The van der Waals surface area contributed by atoms with E-state index in [9.17, 15) is 19.4 Å². The molecule has 0 aromatic carbocycles. The van der Waals surface area contributed by atoms with Crippen molar-refractivity contribution in [2.75, 3.05) is 12.3 Å². The van der Waals surface area contributed by atoms with Gasteiger partial charge in [0, 0.05) is 12.6 Å². The largest absolute Gasteiger partial charge is 0.393 e. The Bertz CT molecular complexity index is 706. The number of hydrogen-bond donors (Lipinski definition) is 3. The van der Waals surface area contributed by atoms with Crippen LogP contribution in [0.2, 0.25) is 0 Å². The molecule has 4 N–H and O–H groups in total. The molecule has 112 valence electrons. The maximum Gasteiger partial charge on any atom is 0.312 e. The molecule has 1 saturated heterocycles. The first-order valence-electron chi connectivity index (χ1n) is 6.23. The van der Waals surface area contributed by atoms with Crippen LogP contribution in [0.4, 0.5) is 10.2 Å². The van der Waals surface area contributed by atoms with Gasteiger partial charge < -0.3 is 25.3 Å². The first kappa shape index (κ1) is 13.9. The van der Waals surface area contributed by atoms with E-state index >= 15 is 0 Å². The van der Waals surface area contributed by atoms with Crippen LogP contribution in [0.3, 0.4) is 0 Å². The normalized spacial score (nSPS) is 29.1. The standard InChI is InChI=1S/C12H13FN4O4/c13-11-15-9(14)6-1-2-17(10(6)16-11)8-3-7(20)12(4-18,5-19)21-8/h1-2,4,7-8,19-20H,3,5H2,(H2,14,15,16)/t7-,8+,12+/m0/s1. The van der Waals surface area contributed by atoms with Crippen molar-refractivity contribution >= 4 is 23.1 Å². The van der Waals surface area contributed by atoms with Crippen molar-refractivity contribution in [2.45, 2.75) is 24.4 Å². The van der Waals surface area contributed by atoms with Crippen LogP contribution < -0.4 is 5.73 Å². The van der Waals surface area contributed by atoms with E-state index in [-0.39, 0.29) is 17.9 Å². The minimum Gasteiger partial charge on any atom is -0.393 e. The molecule has 0 saturated carbocycles. The average molecular weight is 296 g/mol. The molecule has 3 atom stereocenters. The summed E-state index contributed by atoms with van der Waals surface area (Å²) in [5, 5.41) is 19.6. The Labute approximate surface area is 118 Å². The third kappa shape index (κ3) is 1.97. The Kier molecular flexibility index (Phi) is 3.12. The molecule has 1 aliphatic heterocycles. The van der Waals surface area contributed by atoms with Crippen molar-refractivity contribution < 1.29 is 24.1 Å². The summed E-state index contributed by atoms with van der Waals surface area (Å²) in [7, 11) is 0. The number of halogens is 1. The van der Waals surface area contributed by atoms with Crippen LogP contribution in [0.1, 0.15) is 12.6 Å². The predicted octanol–water partition coefficient (Wildman–Crippen LogP) is -0.638. The van der Waals surface area contributed by atoms with E-state index in [1.54, 1.807) is 12.3 Å². The number of aliphatic hydroxyl groups is 2. The number of rotatable bonds is 3. The van der Waals surface area contributed by atoms with Crippen molar-refractivity contribution in [3.63, 3.8) is 0 Å². The number of nitrogens with zero attached hydrogens (tertiary/aromatic N) is 3. The van der Waals surface area contributed by atoms with Crippen molar-refractivity contribution in [3.8, 4) is 0 Å². The number of aromatic nitrogens is 3. The molecule has 0 unspecified atom stereocenters. The fourth-order valence-electron chi connectivity index (χ4n) is 2.49. The second-order valence-electron chi connectivity index (χ2n) is 4.89. The van der Waals surface area contributed by atoms with Crippen LogP contribution in [0.15, 0.2) is 12.3 Å². The first-order chi connectivity index (χ1) is 10.0. The first-order valence-corrected chi connectivity index (χ1v) is 6.23. The van der Waals surface area contributed by atoms with Gasteiger partial charge in [0.05, 0.1) is 18.1 Å². The summed E-state index contributed by atoms with van der Waals surface area (Å²) in [6.45, 7) is -0.654. The van der Waals surface area contributed by atoms with Gasteiger partial charge in [-0.25, -0.2) is 0 Å². The Hall–Kier alpha value is -2.10. The van der Waals surface area contributed by atoms with Gasteiger partial charge in [-0.15, -0.1) is 0 Å². The monoisotopic (exact) mass is 296 g/mol. The smallest absolute Gasteiger partial charge is 0.312 e. The Morgan fingerprint density at radius 3 is 3.00 bits per heavy atom. The van der Waals surface area contributed by atoms with E-state index in [1.807, 2.05) is 0 Å². The zero-order chi connectivity index (χ0) is 15.2. The molecule has 0 radical (unpaired) electrons. The quantitative estimate of drug-likeness (QED) is 0.508. The summed E-state index contributed by atoms with van der Waals surface area (Å²) in [6.07, 6.45) is -0.968. The number of carbonyl (C=O) groups excluding carboxylic acids is 1. The van der Waals surface area contributed by atoms with Crippen molar-refractivity contribution in [3.05, 3.63) is 18.3 Å². The summed E-state index contributed by atoms with van der Waals surface area (Å²) < 4.78 is 20.2. The Balaban J connectivity index is 2.05. The van der Waals surface area contributed by atoms with Crippen LogP contribution in [0, 0.1) is 6.08 Å². The number of aliphatic hydroxyl groups excluding tert-OH is 2. The molecule has 1 aliphatic rings. The summed E-state index contributed by atoms with van der Waals surface area (Å²) in [5.41, 5.74) is 4.12. The highest BCUT2D eigenvalue weighted by Gasteiger charge is 2.48. The fraction of sp³-hybridized carbons (Fsp3) is 0.417. The summed E-state index contributed by atoms with van der Waals surface area (Å²) in [5.74, 6) is -0.0152. The Morgan fingerprint density at radius 2 is 2.38 bits per heavy atom. The SMILES string of the molecule is Nc1nc(F)nc2c1ccn2[C@H]1C[C@H](O)[C@@](C=O)(CO)O1. The second kappa shape index (κ2) is 4.72. The molecule has 0 amide bonds. The lowest BCUT2D eigenvalue weighted by molar-refractivity contribution is -0.151. The van der Waals surface area contributed by atoms with E-state index in [4.69, 9.17) is 10.5 Å². The molecule has 9 heteroatoms. The Morgan fingerprint density at radius 1 is 1.62 bits per heavy atom. The molecule has 0 spiro atoms. The topological polar surface area (TPSA) is 123 Å². The van der Waals surface area contributed by atoms with E-state index in [2.05, 4.69) is 9.97 Å². The number of ether oxygens (including phenoxy) is 1.